The van der Waals surface area contributed by atoms with Gasteiger partial charge in [0.1, 0.15) is 12.4 Å². The van der Waals surface area contributed by atoms with E-state index in [4.69, 9.17) is 4.74 Å². The largest absolute Gasteiger partial charge is 0.416 e. The first-order chi connectivity index (χ1) is 18.8. The van der Waals surface area contributed by atoms with Crippen molar-refractivity contribution < 1.29 is 35.5 Å². The average Bonchev–Trinajstić information content (AvgIpc) is 3.38. The number of halogens is 4. The average molecular weight is 586 g/mol. The number of alkyl halides is 3. The number of amides is 1. The molecule has 1 N–H and O–H groups in total. The van der Waals surface area contributed by atoms with Crippen LogP contribution in [0, 0.1) is 11.7 Å². The number of nitrogens with one attached hydrogen (secondary N) is 1. The number of nitrogens with zero attached hydrogens (tertiary/aromatic N) is 2. The second kappa shape index (κ2) is 12.5. The van der Waals surface area contributed by atoms with Crippen LogP contribution in [0.1, 0.15) is 49.3 Å². The van der Waals surface area contributed by atoms with Crippen LogP contribution >= 0.6 is 0 Å². The maximum absolute atomic E-state index is 13.8. The summed E-state index contributed by atoms with van der Waals surface area (Å²) >= 11 is 0. The number of rotatable bonds is 9. The minimum Gasteiger partial charge on any atom is -0.367 e. The first-order valence-corrected chi connectivity index (χ1v) is 14.8. The van der Waals surface area contributed by atoms with Gasteiger partial charge in [-0.05, 0) is 88.0 Å². The number of sulfonamides is 1. The third-order valence-corrected chi connectivity index (χ3v) is 9.55. The Bertz CT molecular complexity index is 1280. The number of carbonyl (C=O) groups is 1. The summed E-state index contributed by atoms with van der Waals surface area (Å²) < 4.78 is 85.4. The monoisotopic (exact) mass is 585 g/mol. The van der Waals surface area contributed by atoms with Gasteiger partial charge < -0.3 is 15.0 Å². The quantitative estimate of drug-likeness (QED) is 0.436. The molecule has 0 bridgehead atoms. The molecule has 12 heteroatoms. The first kappa shape index (κ1) is 30.4. The maximum atomic E-state index is 13.8. The lowest BCUT2D eigenvalue weighted by Crippen LogP contribution is -2.42. The molecule has 1 amide bonds. The zero-order chi connectivity index (χ0) is 29.1. The standard InChI is InChI=1S/C28H35F4N3O4S/c1-34(2)27(20-5-3-7-22(29)15-20)19-9-11-23(12-10-19)33-26(36)18-39-24-13-14-35(17-24)40(37,38)25-8-4-6-21(16-25)28(30,31)32/h3-8,15-16,19,23-24,27H,9-14,17-18H2,1-2H3,(H,33,36). The van der Waals surface area contributed by atoms with Crippen molar-refractivity contribution in [2.24, 2.45) is 5.92 Å². The van der Waals surface area contributed by atoms with Crippen molar-refractivity contribution in [1.82, 2.24) is 14.5 Å². The van der Waals surface area contributed by atoms with Crippen molar-refractivity contribution in [2.45, 2.75) is 61.4 Å². The van der Waals surface area contributed by atoms with Crippen LogP contribution in [0.3, 0.4) is 0 Å². The van der Waals surface area contributed by atoms with Gasteiger partial charge in [-0.3, -0.25) is 4.79 Å². The van der Waals surface area contributed by atoms with Crippen LogP contribution in [-0.2, 0) is 25.7 Å². The van der Waals surface area contributed by atoms with Gasteiger partial charge in [-0.15, -0.1) is 0 Å². The zero-order valence-electron chi connectivity index (χ0n) is 22.5. The van der Waals surface area contributed by atoms with Gasteiger partial charge in [0.2, 0.25) is 15.9 Å². The van der Waals surface area contributed by atoms with E-state index in [0.717, 1.165) is 53.8 Å². The van der Waals surface area contributed by atoms with Crippen LogP contribution in [0.4, 0.5) is 17.6 Å². The second-order valence-corrected chi connectivity index (χ2v) is 12.7. The molecule has 40 heavy (non-hydrogen) atoms. The van der Waals surface area contributed by atoms with Crippen LogP contribution < -0.4 is 5.32 Å². The lowest BCUT2D eigenvalue weighted by Gasteiger charge is -2.37. The van der Waals surface area contributed by atoms with E-state index in [9.17, 15) is 30.8 Å². The van der Waals surface area contributed by atoms with E-state index < -0.39 is 32.8 Å². The molecule has 2 aromatic carbocycles. The van der Waals surface area contributed by atoms with Crippen LogP contribution in [0.5, 0.6) is 0 Å². The Kier molecular flexibility index (Phi) is 9.54. The number of hydrogen-bond acceptors (Lipinski definition) is 5. The van der Waals surface area contributed by atoms with Crippen molar-refractivity contribution >= 4 is 15.9 Å². The molecule has 2 atom stereocenters. The fourth-order valence-electron chi connectivity index (χ4n) is 5.76. The molecule has 2 aliphatic rings. The van der Waals surface area contributed by atoms with Gasteiger partial charge in [-0.1, -0.05) is 18.2 Å². The lowest BCUT2D eigenvalue weighted by atomic mass is 9.78. The molecule has 1 saturated carbocycles. The van der Waals surface area contributed by atoms with E-state index in [0.29, 0.717) is 18.4 Å². The summed E-state index contributed by atoms with van der Waals surface area (Å²) in [6.45, 7) is -0.179. The van der Waals surface area contributed by atoms with Gasteiger partial charge in [-0.2, -0.15) is 17.5 Å². The zero-order valence-corrected chi connectivity index (χ0v) is 23.3. The predicted octanol–water partition coefficient (Wildman–Crippen LogP) is 4.60. The highest BCUT2D eigenvalue weighted by Crippen LogP contribution is 2.37. The molecule has 1 aliphatic carbocycles. The molecule has 1 aliphatic heterocycles. The smallest absolute Gasteiger partial charge is 0.367 e. The highest BCUT2D eigenvalue weighted by Gasteiger charge is 2.36. The van der Waals surface area contributed by atoms with E-state index in [1.165, 1.54) is 6.07 Å². The summed E-state index contributed by atoms with van der Waals surface area (Å²) in [5.74, 6) is -0.231. The Hall–Kier alpha value is -2.54. The van der Waals surface area contributed by atoms with E-state index in [1.807, 2.05) is 20.2 Å². The fourth-order valence-corrected chi connectivity index (χ4v) is 7.29. The van der Waals surface area contributed by atoms with Gasteiger partial charge in [0.25, 0.3) is 0 Å². The van der Waals surface area contributed by atoms with Crippen molar-refractivity contribution in [3.63, 3.8) is 0 Å². The second-order valence-electron chi connectivity index (χ2n) is 10.8. The topological polar surface area (TPSA) is 79.0 Å². The van der Waals surface area contributed by atoms with E-state index in [-0.39, 0.29) is 43.5 Å². The number of hydrogen-bond donors (Lipinski definition) is 1. The molecule has 220 valence electrons. The predicted molar refractivity (Wildman–Crippen MR) is 141 cm³/mol. The number of carbonyl (C=O) groups excluding carboxylic acids is 1. The maximum Gasteiger partial charge on any atom is 0.416 e. The van der Waals surface area contributed by atoms with Gasteiger partial charge in [-0.25, -0.2) is 12.8 Å². The third kappa shape index (κ3) is 7.39. The summed E-state index contributed by atoms with van der Waals surface area (Å²) in [7, 11) is -0.164. The Morgan fingerprint density at radius 2 is 1.77 bits per heavy atom. The number of ether oxygens (including phenoxy) is 1. The molecule has 2 fully saturated rings. The Labute approximate surface area is 232 Å². The molecular weight excluding hydrogens is 550 g/mol. The van der Waals surface area contributed by atoms with Crippen molar-refractivity contribution in [2.75, 3.05) is 33.8 Å². The molecule has 0 aromatic heterocycles. The minimum atomic E-state index is -4.65. The summed E-state index contributed by atoms with van der Waals surface area (Å²) in [5, 5.41) is 2.99. The van der Waals surface area contributed by atoms with E-state index >= 15 is 0 Å². The van der Waals surface area contributed by atoms with Gasteiger partial charge in [0, 0.05) is 25.2 Å². The van der Waals surface area contributed by atoms with Crippen molar-refractivity contribution in [3.05, 3.63) is 65.5 Å². The number of benzene rings is 2. The van der Waals surface area contributed by atoms with Crippen LogP contribution in [0.25, 0.3) is 0 Å². The SMILES string of the molecule is CN(C)C(c1cccc(F)c1)C1CCC(NC(=O)COC2CCN(S(=O)(=O)c3cccc(C(F)(F)F)c3)C2)CC1. The van der Waals surface area contributed by atoms with Crippen LogP contribution in [-0.4, -0.2) is 69.5 Å². The lowest BCUT2D eigenvalue weighted by molar-refractivity contribution is -0.137. The summed E-state index contributed by atoms with van der Waals surface area (Å²) in [4.78, 5) is 14.2. The highest BCUT2D eigenvalue weighted by molar-refractivity contribution is 7.89. The van der Waals surface area contributed by atoms with Crippen molar-refractivity contribution in [3.8, 4) is 0 Å². The molecule has 7 nitrogen and oxygen atoms in total. The third-order valence-electron chi connectivity index (χ3n) is 7.69. The van der Waals surface area contributed by atoms with Crippen LogP contribution in [0.15, 0.2) is 53.4 Å². The summed E-state index contributed by atoms with van der Waals surface area (Å²) in [5.41, 5.74) is -0.0935. The summed E-state index contributed by atoms with van der Waals surface area (Å²) in [6, 6.07) is 10.4. The fraction of sp³-hybridized carbons (Fsp3) is 0.536. The molecule has 2 unspecified atom stereocenters. The normalized spacial score (nSPS) is 23.3. The molecule has 0 radical (unpaired) electrons. The molecule has 2 aromatic rings. The highest BCUT2D eigenvalue weighted by atomic mass is 32.2. The van der Waals surface area contributed by atoms with Crippen LogP contribution in [0.2, 0.25) is 0 Å². The van der Waals surface area contributed by atoms with Gasteiger partial charge in [0.05, 0.1) is 16.6 Å². The Morgan fingerprint density at radius 3 is 2.42 bits per heavy atom. The Balaban J connectivity index is 1.24. The van der Waals surface area contributed by atoms with Gasteiger partial charge in [0.15, 0.2) is 0 Å². The molecule has 4 rings (SSSR count). The molecule has 1 heterocycles. The van der Waals surface area contributed by atoms with Crippen molar-refractivity contribution in [1.29, 1.82) is 0 Å². The molecular formula is C28H35F4N3O4S. The van der Waals surface area contributed by atoms with E-state index in [2.05, 4.69) is 10.2 Å². The van der Waals surface area contributed by atoms with E-state index in [1.54, 1.807) is 12.1 Å². The Morgan fingerprint density at radius 1 is 1.07 bits per heavy atom. The van der Waals surface area contributed by atoms with Gasteiger partial charge >= 0.3 is 6.18 Å². The first-order valence-electron chi connectivity index (χ1n) is 13.3. The molecule has 0 spiro atoms. The minimum absolute atomic E-state index is 0.0102. The summed E-state index contributed by atoms with van der Waals surface area (Å²) in [6.07, 6.45) is -1.54. The molecule has 1 saturated heterocycles.